The fourth-order valence-electron chi connectivity index (χ4n) is 10.1. The lowest BCUT2D eigenvalue weighted by Crippen LogP contribution is -1.96. The molecule has 0 fully saturated rings. The van der Waals surface area contributed by atoms with Crippen molar-refractivity contribution in [1.82, 2.24) is 19.2 Å². The Morgan fingerprint density at radius 3 is 1.47 bits per heavy atom. The molecule has 13 rings (SSSR count). The van der Waals surface area contributed by atoms with E-state index in [0.29, 0.717) is 0 Å². The topological polar surface area (TPSA) is 35.1 Å². The molecule has 13 aromatic rings. The molecule has 0 atom stereocenters. The van der Waals surface area contributed by atoms with Crippen molar-refractivity contribution in [3.8, 4) is 84.1 Å². The van der Waals surface area contributed by atoms with Crippen molar-refractivity contribution in [2.75, 3.05) is 0 Å². The van der Waals surface area contributed by atoms with Crippen LogP contribution in [0.15, 0.2) is 255 Å². The quantitative estimate of drug-likeness (QED) is 0.153. The molecule has 0 radical (unpaired) electrons. The number of nitrogens with zero attached hydrogens (tertiary/aromatic N) is 4. The lowest BCUT2D eigenvalue weighted by atomic mass is 9.94. The third-order valence-electron chi connectivity index (χ3n) is 13.3. The van der Waals surface area contributed by atoms with Crippen LogP contribution in [0.1, 0.15) is 0 Å². The van der Waals surface area contributed by atoms with Crippen LogP contribution in [-0.4, -0.2) is 19.2 Å². The van der Waals surface area contributed by atoms with Crippen molar-refractivity contribution in [1.29, 1.82) is 0 Å². The summed E-state index contributed by atoms with van der Waals surface area (Å²) in [5.41, 5.74) is 19.5. The van der Waals surface area contributed by atoms with Gasteiger partial charge in [-0.25, -0.2) is 9.50 Å². The summed E-state index contributed by atoms with van der Waals surface area (Å²) in [5.74, 6) is 0. The van der Waals surface area contributed by atoms with Crippen LogP contribution >= 0.6 is 0 Å². The van der Waals surface area contributed by atoms with E-state index in [1.165, 1.54) is 21.8 Å². The molecule has 4 aromatic heterocycles. The molecular weight excluding hydrogens is 825 g/mol. The third kappa shape index (κ3) is 6.78. The zero-order chi connectivity index (χ0) is 45.0. The number of benzene rings is 9. The highest BCUT2D eigenvalue weighted by molar-refractivity contribution is 6.11. The van der Waals surface area contributed by atoms with E-state index in [1.807, 2.05) is 0 Å². The van der Waals surface area contributed by atoms with Gasteiger partial charge in [0.2, 0.25) is 0 Å². The monoisotopic (exact) mass is 866 g/mol. The maximum Gasteiger partial charge on any atom is 0.101 e. The molecule has 4 heteroatoms. The van der Waals surface area contributed by atoms with Gasteiger partial charge >= 0.3 is 0 Å². The number of hydrogen-bond donors (Lipinski definition) is 0. The Hall–Kier alpha value is -9.12. The molecule has 0 spiro atoms. The normalized spacial score (nSPS) is 11.5. The van der Waals surface area contributed by atoms with E-state index in [2.05, 4.69) is 264 Å². The van der Waals surface area contributed by atoms with E-state index in [1.54, 1.807) is 0 Å². The minimum Gasteiger partial charge on any atom is -0.309 e. The summed E-state index contributed by atoms with van der Waals surface area (Å²) in [5, 5.41) is 10.2. The number of para-hydroxylation sites is 2. The Balaban J connectivity index is 0.938. The van der Waals surface area contributed by atoms with Gasteiger partial charge in [0.05, 0.1) is 33.6 Å². The van der Waals surface area contributed by atoms with E-state index in [0.717, 1.165) is 100 Å². The number of pyridine rings is 2. The summed E-state index contributed by atoms with van der Waals surface area (Å²) in [6, 6.07) is 91.0. The first-order chi connectivity index (χ1) is 33.7. The number of rotatable bonds is 8. The summed E-state index contributed by atoms with van der Waals surface area (Å²) in [6.45, 7) is 0. The molecule has 318 valence electrons. The van der Waals surface area contributed by atoms with Crippen molar-refractivity contribution in [3.63, 3.8) is 0 Å². The van der Waals surface area contributed by atoms with Gasteiger partial charge in [-0.1, -0.05) is 206 Å². The largest absolute Gasteiger partial charge is 0.309 e. The summed E-state index contributed by atoms with van der Waals surface area (Å²) >= 11 is 0. The van der Waals surface area contributed by atoms with E-state index in [-0.39, 0.29) is 0 Å². The van der Waals surface area contributed by atoms with Gasteiger partial charge in [0, 0.05) is 49.7 Å². The second-order valence-corrected chi connectivity index (χ2v) is 17.4. The van der Waals surface area contributed by atoms with Crippen LogP contribution in [-0.2, 0) is 0 Å². The second-order valence-electron chi connectivity index (χ2n) is 17.4. The van der Waals surface area contributed by atoms with Crippen LogP contribution in [0.5, 0.6) is 0 Å². The van der Waals surface area contributed by atoms with Crippen LogP contribution in [0, 0.1) is 0 Å². The van der Waals surface area contributed by atoms with E-state index < -0.39 is 0 Å². The highest BCUT2D eigenvalue weighted by Crippen LogP contribution is 2.42. The molecule has 68 heavy (non-hydrogen) atoms. The second kappa shape index (κ2) is 16.4. The van der Waals surface area contributed by atoms with Gasteiger partial charge in [-0.2, -0.15) is 5.10 Å². The van der Waals surface area contributed by atoms with Crippen molar-refractivity contribution in [3.05, 3.63) is 255 Å². The Morgan fingerprint density at radius 1 is 0.309 bits per heavy atom. The smallest absolute Gasteiger partial charge is 0.101 e. The highest BCUT2D eigenvalue weighted by Gasteiger charge is 2.22. The summed E-state index contributed by atoms with van der Waals surface area (Å²) in [6.07, 6.45) is 0. The molecule has 0 amide bonds. The maximum absolute atomic E-state index is 5.44. The lowest BCUT2D eigenvalue weighted by Gasteiger charge is -2.14. The van der Waals surface area contributed by atoms with Gasteiger partial charge in [-0.3, -0.25) is 0 Å². The van der Waals surface area contributed by atoms with Crippen LogP contribution in [0.4, 0.5) is 0 Å². The van der Waals surface area contributed by atoms with Crippen molar-refractivity contribution in [2.45, 2.75) is 0 Å². The van der Waals surface area contributed by atoms with Crippen LogP contribution in [0.25, 0.3) is 122 Å². The Morgan fingerprint density at radius 2 is 0.824 bits per heavy atom. The number of fused-ring (bicyclic) bond motifs is 6. The lowest BCUT2D eigenvalue weighted by molar-refractivity contribution is 0.979. The predicted molar refractivity (Wildman–Crippen MR) is 283 cm³/mol. The number of aromatic nitrogens is 4. The highest BCUT2D eigenvalue weighted by atomic mass is 15.2. The minimum absolute atomic E-state index is 0.923. The third-order valence-corrected chi connectivity index (χ3v) is 13.3. The first kappa shape index (κ1) is 39.3. The van der Waals surface area contributed by atoms with E-state index in [9.17, 15) is 0 Å². The SMILES string of the molecule is c1ccc(-c2cc(-c3ccc(-c4ccc5cc(-c6ccccc6)n6nc(-c7ccccc7)c(-c7ccccc7)c6c5c4)cc3)cc(-c3cccc(-n4c5ccccc5c5ccccc54)c3)n2)cc1. The zero-order valence-corrected chi connectivity index (χ0v) is 37.0. The fraction of sp³-hybridized carbons (Fsp3) is 0. The van der Waals surface area contributed by atoms with E-state index in [4.69, 9.17) is 10.1 Å². The molecule has 0 aliphatic carbocycles. The first-order valence-corrected chi connectivity index (χ1v) is 23.1. The van der Waals surface area contributed by atoms with Gasteiger partial charge in [-0.05, 0) is 81.7 Å². The maximum atomic E-state index is 5.44. The van der Waals surface area contributed by atoms with E-state index >= 15 is 0 Å². The summed E-state index contributed by atoms with van der Waals surface area (Å²) < 4.78 is 4.53. The number of hydrogen-bond acceptors (Lipinski definition) is 2. The minimum atomic E-state index is 0.923. The van der Waals surface area contributed by atoms with Crippen molar-refractivity contribution in [2.24, 2.45) is 0 Å². The van der Waals surface area contributed by atoms with Crippen LogP contribution < -0.4 is 0 Å². The Bertz CT molecular complexity index is 3930. The molecular formula is C64H42N4. The molecule has 0 aliphatic rings. The predicted octanol–water partition coefficient (Wildman–Crippen LogP) is 16.6. The summed E-state index contributed by atoms with van der Waals surface area (Å²) in [4.78, 5) is 5.32. The standard InChI is InChI=1S/C64H42N4/c1-5-18-45(19-6-1)57-40-52(41-58(65-57)51-26-17-27-53(38-51)67-59-30-15-13-28-54(59)55-29-14-16-31-60(55)67)44-34-32-43(33-35-44)49-36-37-50-42-61(46-20-7-2-8-21-46)68-64(56(50)39-49)62(47-22-9-3-10-23-47)63(66-68)48-24-11-4-12-25-48/h1-42H. The van der Waals surface area contributed by atoms with Crippen molar-refractivity contribution < 1.29 is 0 Å². The molecule has 9 aromatic carbocycles. The molecule has 0 unspecified atom stereocenters. The summed E-state index contributed by atoms with van der Waals surface area (Å²) in [7, 11) is 0. The molecule has 0 saturated heterocycles. The molecule has 0 bridgehead atoms. The van der Waals surface area contributed by atoms with Gasteiger partial charge in [0.1, 0.15) is 5.69 Å². The Labute approximate surface area is 394 Å². The fourth-order valence-corrected chi connectivity index (χ4v) is 10.1. The molecule has 0 saturated carbocycles. The Kier molecular flexibility index (Phi) is 9.47. The van der Waals surface area contributed by atoms with Gasteiger partial charge in [-0.15, -0.1) is 0 Å². The average Bonchev–Trinajstić information content (AvgIpc) is 3.99. The van der Waals surface area contributed by atoms with Crippen molar-refractivity contribution >= 4 is 38.1 Å². The average molecular weight is 867 g/mol. The first-order valence-electron chi connectivity index (χ1n) is 23.1. The molecule has 4 heterocycles. The molecule has 4 nitrogen and oxygen atoms in total. The van der Waals surface area contributed by atoms with Crippen LogP contribution in [0.2, 0.25) is 0 Å². The van der Waals surface area contributed by atoms with Crippen LogP contribution in [0.3, 0.4) is 0 Å². The zero-order valence-electron chi connectivity index (χ0n) is 37.0. The van der Waals surface area contributed by atoms with Gasteiger partial charge in [0.15, 0.2) is 0 Å². The molecule has 0 aliphatic heterocycles. The van der Waals surface area contributed by atoms with Gasteiger partial charge < -0.3 is 4.57 Å². The van der Waals surface area contributed by atoms with Gasteiger partial charge in [0.25, 0.3) is 0 Å². The molecule has 0 N–H and O–H groups in total.